The monoisotopic (exact) mass is 263 g/mol. The van der Waals surface area contributed by atoms with Gasteiger partial charge in [0.15, 0.2) is 0 Å². The number of hydrogen-bond acceptors (Lipinski definition) is 3. The van der Waals surface area contributed by atoms with Crippen LogP contribution in [0.15, 0.2) is 18.5 Å². The molecule has 1 aromatic heterocycles. The number of anilines is 1. The van der Waals surface area contributed by atoms with Gasteiger partial charge in [0.2, 0.25) is 0 Å². The smallest absolute Gasteiger partial charge is 0.321 e. The predicted octanol–water partition coefficient (Wildman–Crippen LogP) is 1.72. The first-order chi connectivity index (χ1) is 9.06. The molecule has 19 heavy (non-hydrogen) atoms. The topological polar surface area (TPSA) is 82.5 Å². The maximum Gasteiger partial charge on any atom is 0.321 e. The number of aromatic nitrogens is 1. The second-order valence-corrected chi connectivity index (χ2v) is 4.80. The first kappa shape index (κ1) is 13.3. The van der Waals surface area contributed by atoms with Gasteiger partial charge >= 0.3 is 12.0 Å². The summed E-state index contributed by atoms with van der Waals surface area (Å²) in [5, 5.41) is 11.7. The summed E-state index contributed by atoms with van der Waals surface area (Å²) in [5.74, 6) is -1.30. The Bertz CT molecular complexity index is 490. The Labute approximate surface area is 111 Å². The van der Waals surface area contributed by atoms with Crippen molar-refractivity contribution in [2.75, 3.05) is 18.4 Å². The molecule has 0 aromatic carbocycles. The van der Waals surface area contributed by atoms with Gasteiger partial charge in [-0.05, 0) is 31.4 Å². The van der Waals surface area contributed by atoms with Gasteiger partial charge in [-0.15, -0.1) is 0 Å². The van der Waals surface area contributed by atoms with Crippen LogP contribution in [-0.2, 0) is 4.79 Å². The molecule has 0 bridgehead atoms. The number of aliphatic carboxylic acids is 1. The minimum atomic E-state index is -0.838. The summed E-state index contributed by atoms with van der Waals surface area (Å²) in [5.41, 5.74) is 1.59. The average Bonchev–Trinajstić information content (AvgIpc) is 2.39. The van der Waals surface area contributed by atoms with Crippen LogP contribution in [0.5, 0.6) is 0 Å². The van der Waals surface area contributed by atoms with E-state index < -0.39 is 11.9 Å². The van der Waals surface area contributed by atoms with Gasteiger partial charge in [0.25, 0.3) is 0 Å². The van der Waals surface area contributed by atoms with E-state index in [1.807, 2.05) is 13.0 Å². The molecule has 2 rings (SSSR count). The molecule has 102 valence electrons. The summed E-state index contributed by atoms with van der Waals surface area (Å²) in [6.45, 7) is 2.75. The van der Waals surface area contributed by atoms with E-state index >= 15 is 0 Å². The highest BCUT2D eigenvalue weighted by molar-refractivity contribution is 5.89. The van der Waals surface area contributed by atoms with Crippen LogP contribution < -0.4 is 5.32 Å². The second kappa shape index (κ2) is 5.69. The van der Waals surface area contributed by atoms with E-state index in [0.717, 1.165) is 12.0 Å². The van der Waals surface area contributed by atoms with Crippen molar-refractivity contribution in [2.24, 2.45) is 5.92 Å². The van der Waals surface area contributed by atoms with Crippen LogP contribution in [0.4, 0.5) is 10.5 Å². The SMILES string of the molecule is Cc1cncc(NC(=O)N2CCC[C@H](C(=O)O)C2)c1. The van der Waals surface area contributed by atoms with Crippen LogP contribution in [0.25, 0.3) is 0 Å². The summed E-state index contributed by atoms with van der Waals surface area (Å²) in [4.78, 5) is 28.5. The Morgan fingerprint density at radius 2 is 2.26 bits per heavy atom. The fraction of sp³-hybridized carbons (Fsp3) is 0.462. The zero-order valence-corrected chi connectivity index (χ0v) is 10.8. The lowest BCUT2D eigenvalue weighted by atomic mass is 9.99. The zero-order valence-electron chi connectivity index (χ0n) is 10.8. The molecule has 1 aliphatic rings. The highest BCUT2D eigenvalue weighted by atomic mass is 16.4. The number of likely N-dealkylation sites (tertiary alicyclic amines) is 1. The van der Waals surface area contributed by atoms with Gasteiger partial charge in [-0.3, -0.25) is 9.78 Å². The van der Waals surface area contributed by atoms with Crippen LogP contribution in [0.1, 0.15) is 18.4 Å². The number of pyridine rings is 1. The van der Waals surface area contributed by atoms with Crippen molar-refractivity contribution in [3.05, 3.63) is 24.0 Å². The summed E-state index contributed by atoms with van der Waals surface area (Å²) in [6.07, 6.45) is 4.63. The lowest BCUT2D eigenvalue weighted by Crippen LogP contribution is -2.44. The third-order valence-electron chi connectivity index (χ3n) is 3.18. The van der Waals surface area contributed by atoms with Crippen molar-refractivity contribution < 1.29 is 14.7 Å². The molecule has 0 aliphatic carbocycles. The molecule has 2 amide bonds. The van der Waals surface area contributed by atoms with E-state index in [4.69, 9.17) is 5.11 Å². The van der Waals surface area contributed by atoms with Gasteiger partial charge in [0.05, 0.1) is 17.8 Å². The maximum atomic E-state index is 12.0. The third kappa shape index (κ3) is 3.43. The van der Waals surface area contributed by atoms with Gasteiger partial charge in [-0.2, -0.15) is 0 Å². The van der Waals surface area contributed by atoms with Gasteiger partial charge in [-0.1, -0.05) is 0 Å². The quantitative estimate of drug-likeness (QED) is 0.851. The molecule has 1 aromatic rings. The van der Waals surface area contributed by atoms with Gasteiger partial charge < -0.3 is 15.3 Å². The molecule has 0 radical (unpaired) electrons. The average molecular weight is 263 g/mol. The molecular weight excluding hydrogens is 246 g/mol. The molecular formula is C13H17N3O3. The number of urea groups is 1. The van der Waals surface area contributed by atoms with Crippen LogP contribution >= 0.6 is 0 Å². The molecule has 0 unspecified atom stereocenters. The molecule has 6 nitrogen and oxygen atoms in total. The number of carbonyl (C=O) groups excluding carboxylic acids is 1. The molecule has 2 heterocycles. The van der Waals surface area contributed by atoms with E-state index in [0.29, 0.717) is 18.7 Å². The number of hydrogen-bond donors (Lipinski definition) is 2. The van der Waals surface area contributed by atoms with E-state index in [1.165, 1.54) is 0 Å². The van der Waals surface area contributed by atoms with E-state index in [1.54, 1.807) is 17.3 Å². The zero-order chi connectivity index (χ0) is 13.8. The van der Waals surface area contributed by atoms with Crippen molar-refractivity contribution in [1.29, 1.82) is 0 Å². The summed E-state index contributed by atoms with van der Waals surface area (Å²) in [6, 6.07) is 1.56. The van der Waals surface area contributed by atoms with Crippen LogP contribution in [-0.4, -0.2) is 40.1 Å². The lowest BCUT2D eigenvalue weighted by Gasteiger charge is -2.30. The Balaban J connectivity index is 1.98. The second-order valence-electron chi connectivity index (χ2n) is 4.80. The molecule has 0 saturated carbocycles. The standard InChI is InChI=1S/C13H17N3O3/c1-9-5-11(7-14-6-9)15-13(19)16-4-2-3-10(8-16)12(17)18/h5-7,10H,2-4,8H2,1H3,(H,15,19)(H,17,18)/t10-/m0/s1. The summed E-state index contributed by atoms with van der Waals surface area (Å²) < 4.78 is 0. The number of carboxylic acids is 1. The van der Waals surface area contributed by atoms with Crippen molar-refractivity contribution in [1.82, 2.24) is 9.88 Å². The minimum Gasteiger partial charge on any atom is -0.481 e. The Hall–Kier alpha value is -2.11. The van der Waals surface area contributed by atoms with Crippen molar-refractivity contribution >= 4 is 17.7 Å². The lowest BCUT2D eigenvalue weighted by molar-refractivity contribution is -0.143. The Morgan fingerprint density at radius 3 is 2.95 bits per heavy atom. The normalized spacial score (nSPS) is 19.0. The maximum absolute atomic E-state index is 12.0. The third-order valence-corrected chi connectivity index (χ3v) is 3.18. The minimum absolute atomic E-state index is 0.264. The fourth-order valence-electron chi connectivity index (χ4n) is 2.19. The molecule has 0 spiro atoms. The number of nitrogens with one attached hydrogen (secondary N) is 1. The van der Waals surface area contributed by atoms with Crippen LogP contribution in [0, 0.1) is 12.8 Å². The molecule has 1 saturated heterocycles. The first-order valence-corrected chi connectivity index (χ1v) is 6.26. The Kier molecular flexibility index (Phi) is 3.99. The van der Waals surface area contributed by atoms with Crippen molar-refractivity contribution in [3.8, 4) is 0 Å². The first-order valence-electron chi connectivity index (χ1n) is 6.26. The molecule has 1 atom stereocenters. The van der Waals surface area contributed by atoms with Gasteiger partial charge in [-0.25, -0.2) is 4.79 Å². The molecule has 1 aliphatic heterocycles. The number of carboxylic acid groups (broad SMARTS) is 1. The Morgan fingerprint density at radius 1 is 1.47 bits per heavy atom. The number of piperidine rings is 1. The van der Waals surface area contributed by atoms with Crippen molar-refractivity contribution in [2.45, 2.75) is 19.8 Å². The van der Waals surface area contributed by atoms with Gasteiger partial charge in [0, 0.05) is 19.3 Å². The predicted molar refractivity (Wildman–Crippen MR) is 69.9 cm³/mol. The van der Waals surface area contributed by atoms with Gasteiger partial charge in [0.1, 0.15) is 0 Å². The molecule has 2 N–H and O–H groups in total. The largest absolute Gasteiger partial charge is 0.481 e. The summed E-state index contributed by atoms with van der Waals surface area (Å²) in [7, 11) is 0. The van der Waals surface area contributed by atoms with Crippen LogP contribution in [0.2, 0.25) is 0 Å². The highest BCUT2D eigenvalue weighted by Crippen LogP contribution is 2.18. The van der Waals surface area contributed by atoms with E-state index in [9.17, 15) is 9.59 Å². The number of nitrogens with zero attached hydrogens (tertiary/aromatic N) is 2. The van der Waals surface area contributed by atoms with E-state index in [-0.39, 0.29) is 12.6 Å². The highest BCUT2D eigenvalue weighted by Gasteiger charge is 2.28. The number of rotatable bonds is 2. The number of aryl methyl sites for hydroxylation is 1. The number of carbonyl (C=O) groups is 2. The molecule has 6 heteroatoms. The van der Waals surface area contributed by atoms with E-state index in [2.05, 4.69) is 10.3 Å². The summed E-state index contributed by atoms with van der Waals surface area (Å²) >= 11 is 0. The van der Waals surface area contributed by atoms with Crippen molar-refractivity contribution in [3.63, 3.8) is 0 Å². The molecule has 1 fully saturated rings. The number of amides is 2. The fourth-order valence-corrected chi connectivity index (χ4v) is 2.19. The van der Waals surface area contributed by atoms with Crippen LogP contribution in [0.3, 0.4) is 0 Å².